The van der Waals surface area contributed by atoms with E-state index in [0.29, 0.717) is 20.8 Å². The second-order valence-electron chi connectivity index (χ2n) is 4.75. The second-order valence-corrected chi connectivity index (χ2v) is 7.08. The van der Waals surface area contributed by atoms with Crippen LogP contribution in [0.3, 0.4) is 0 Å². The summed E-state index contributed by atoms with van der Waals surface area (Å²) in [5.41, 5.74) is 1.55. The molecule has 0 spiro atoms. The molecular formula is C16H11BrClN3OS. The smallest absolute Gasteiger partial charge is 0.266 e. The highest BCUT2D eigenvalue weighted by atomic mass is 79.9. The molecule has 0 atom stereocenters. The summed E-state index contributed by atoms with van der Waals surface area (Å²) in [5.74, 6) is -0.0816. The van der Waals surface area contributed by atoms with Gasteiger partial charge in [0, 0.05) is 23.9 Å². The van der Waals surface area contributed by atoms with E-state index in [1.165, 1.54) is 22.9 Å². The third-order valence-corrected chi connectivity index (χ3v) is 5.02. The minimum atomic E-state index is -0.0816. The number of amidine groups is 1. The lowest BCUT2D eigenvalue weighted by Crippen LogP contribution is -2.23. The summed E-state index contributed by atoms with van der Waals surface area (Å²) in [6, 6.07) is 9.47. The van der Waals surface area contributed by atoms with Gasteiger partial charge < -0.3 is 0 Å². The fourth-order valence-corrected chi connectivity index (χ4v) is 3.33. The lowest BCUT2D eigenvalue weighted by atomic mass is 10.2. The molecule has 1 amide bonds. The van der Waals surface area contributed by atoms with Crippen molar-refractivity contribution in [1.82, 2.24) is 9.88 Å². The van der Waals surface area contributed by atoms with Gasteiger partial charge in [0.15, 0.2) is 5.17 Å². The summed E-state index contributed by atoms with van der Waals surface area (Å²) in [6.45, 7) is 0. The highest BCUT2D eigenvalue weighted by Crippen LogP contribution is 2.34. The Bertz CT molecular complexity index is 820. The summed E-state index contributed by atoms with van der Waals surface area (Å²) >= 11 is 10.8. The van der Waals surface area contributed by atoms with Crippen molar-refractivity contribution in [2.45, 2.75) is 0 Å². The van der Waals surface area contributed by atoms with Gasteiger partial charge >= 0.3 is 0 Å². The predicted molar refractivity (Wildman–Crippen MR) is 98.8 cm³/mol. The van der Waals surface area contributed by atoms with Crippen LogP contribution in [0.5, 0.6) is 0 Å². The van der Waals surface area contributed by atoms with Crippen LogP contribution in [0.1, 0.15) is 5.56 Å². The van der Waals surface area contributed by atoms with Crippen molar-refractivity contribution < 1.29 is 4.79 Å². The molecule has 2 aromatic rings. The molecule has 1 aliphatic heterocycles. The molecule has 0 radical (unpaired) electrons. The molecule has 0 unspecified atom stereocenters. The fourth-order valence-electron chi connectivity index (χ4n) is 1.92. The van der Waals surface area contributed by atoms with Gasteiger partial charge in [0.1, 0.15) is 0 Å². The number of likely N-dealkylation sites (N-methyl/N-ethyl adjacent to an activating group) is 1. The molecule has 1 saturated heterocycles. The topological polar surface area (TPSA) is 45.6 Å². The Morgan fingerprint density at radius 2 is 2.04 bits per heavy atom. The Kier molecular flexibility index (Phi) is 4.84. The number of benzene rings is 1. The Morgan fingerprint density at radius 3 is 2.74 bits per heavy atom. The number of aromatic nitrogens is 1. The van der Waals surface area contributed by atoms with Gasteiger partial charge in [-0.05, 0) is 41.6 Å². The number of amides is 1. The molecule has 116 valence electrons. The summed E-state index contributed by atoms with van der Waals surface area (Å²) in [7, 11) is 1.70. The van der Waals surface area contributed by atoms with Gasteiger partial charge in [0.25, 0.3) is 5.91 Å². The number of hydrogen-bond donors (Lipinski definition) is 0. The van der Waals surface area contributed by atoms with Gasteiger partial charge in [-0.3, -0.25) is 14.7 Å². The summed E-state index contributed by atoms with van der Waals surface area (Å²) in [4.78, 5) is 22.9. The number of halogens is 2. The number of carbonyl (C=O) groups excluding carboxylic acids is 1. The van der Waals surface area contributed by atoms with E-state index in [2.05, 4.69) is 25.9 Å². The third kappa shape index (κ3) is 3.65. The molecule has 0 aliphatic carbocycles. The first kappa shape index (κ1) is 16.2. The van der Waals surface area contributed by atoms with Gasteiger partial charge in [0.05, 0.1) is 15.6 Å². The van der Waals surface area contributed by atoms with Crippen LogP contribution in [0.2, 0.25) is 5.02 Å². The highest BCUT2D eigenvalue weighted by molar-refractivity contribution is 9.10. The zero-order valence-electron chi connectivity index (χ0n) is 12.0. The van der Waals surface area contributed by atoms with Gasteiger partial charge in [-0.1, -0.05) is 39.7 Å². The van der Waals surface area contributed by atoms with E-state index in [1.807, 2.05) is 30.3 Å². The van der Waals surface area contributed by atoms with Crippen LogP contribution >= 0.6 is 39.3 Å². The van der Waals surface area contributed by atoms with Gasteiger partial charge in [-0.2, -0.15) is 0 Å². The molecule has 3 rings (SSSR count). The third-order valence-electron chi connectivity index (χ3n) is 3.14. The summed E-state index contributed by atoms with van der Waals surface area (Å²) in [5, 5.41) is 1.04. The SMILES string of the molecule is CN1C(=O)/C(=C/c2ccc(Br)cc2)SC1=Nc1ccncc1Cl. The maximum Gasteiger partial charge on any atom is 0.266 e. The predicted octanol–water partition coefficient (Wildman–Crippen LogP) is 4.73. The van der Waals surface area contributed by atoms with Crippen LogP contribution in [0.4, 0.5) is 5.69 Å². The van der Waals surface area contributed by atoms with Crippen molar-refractivity contribution in [3.63, 3.8) is 0 Å². The molecule has 1 fully saturated rings. The molecular weight excluding hydrogens is 398 g/mol. The first-order chi connectivity index (χ1) is 11.0. The van der Waals surface area contributed by atoms with E-state index in [1.54, 1.807) is 19.3 Å². The van der Waals surface area contributed by atoms with Crippen molar-refractivity contribution in [2.75, 3.05) is 7.05 Å². The van der Waals surface area contributed by atoms with Crippen molar-refractivity contribution in [3.8, 4) is 0 Å². The van der Waals surface area contributed by atoms with Crippen LogP contribution in [0.25, 0.3) is 6.08 Å². The maximum absolute atomic E-state index is 12.4. The lowest BCUT2D eigenvalue weighted by molar-refractivity contribution is -0.121. The lowest BCUT2D eigenvalue weighted by Gasteiger charge is -2.07. The van der Waals surface area contributed by atoms with E-state index in [-0.39, 0.29) is 5.91 Å². The molecule has 1 aliphatic rings. The number of carbonyl (C=O) groups is 1. The Hall–Kier alpha value is -1.63. The zero-order chi connectivity index (χ0) is 16.4. The van der Waals surface area contributed by atoms with Crippen molar-refractivity contribution in [3.05, 3.63) is 62.7 Å². The Balaban J connectivity index is 1.91. The molecule has 4 nitrogen and oxygen atoms in total. The fraction of sp³-hybridized carbons (Fsp3) is 0.0625. The van der Waals surface area contributed by atoms with Gasteiger partial charge in [-0.15, -0.1) is 0 Å². The van der Waals surface area contributed by atoms with Crippen molar-refractivity contribution >= 4 is 62.1 Å². The Morgan fingerprint density at radius 1 is 1.30 bits per heavy atom. The summed E-state index contributed by atoms with van der Waals surface area (Å²) < 4.78 is 0.997. The first-order valence-electron chi connectivity index (χ1n) is 6.66. The van der Waals surface area contributed by atoms with Gasteiger partial charge in [-0.25, -0.2) is 4.99 Å². The van der Waals surface area contributed by atoms with E-state index < -0.39 is 0 Å². The highest BCUT2D eigenvalue weighted by Gasteiger charge is 2.30. The molecule has 1 aromatic heterocycles. The molecule has 0 saturated carbocycles. The average molecular weight is 409 g/mol. The number of aliphatic imine (C=N–C) groups is 1. The van der Waals surface area contributed by atoms with Crippen LogP contribution < -0.4 is 0 Å². The minimum Gasteiger partial charge on any atom is -0.290 e. The van der Waals surface area contributed by atoms with Gasteiger partial charge in [0.2, 0.25) is 0 Å². The quantitative estimate of drug-likeness (QED) is 0.675. The number of nitrogens with zero attached hydrogens (tertiary/aromatic N) is 3. The van der Waals surface area contributed by atoms with Crippen LogP contribution in [-0.2, 0) is 4.79 Å². The molecule has 23 heavy (non-hydrogen) atoms. The second kappa shape index (κ2) is 6.86. The molecule has 2 heterocycles. The van der Waals surface area contributed by atoms with E-state index in [9.17, 15) is 4.79 Å². The van der Waals surface area contributed by atoms with E-state index in [0.717, 1.165) is 10.0 Å². The monoisotopic (exact) mass is 407 g/mol. The molecule has 7 heteroatoms. The van der Waals surface area contributed by atoms with Crippen LogP contribution in [-0.4, -0.2) is 28.0 Å². The minimum absolute atomic E-state index is 0.0816. The normalized spacial score (nSPS) is 18.2. The van der Waals surface area contributed by atoms with Crippen LogP contribution in [0, 0.1) is 0 Å². The number of thioether (sulfide) groups is 1. The van der Waals surface area contributed by atoms with E-state index >= 15 is 0 Å². The zero-order valence-corrected chi connectivity index (χ0v) is 15.2. The van der Waals surface area contributed by atoms with E-state index in [4.69, 9.17) is 11.6 Å². The molecule has 0 N–H and O–H groups in total. The van der Waals surface area contributed by atoms with Crippen molar-refractivity contribution in [2.24, 2.45) is 4.99 Å². The summed E-state index contributed by atoms with van der Waals surface area (Å²) in [6.07, 6.45) is 5.00. The number of hydrogen-bond acceptors (Lipinski definition) is 4. The Labute approximate surface area is 151 Å². The maximum atomic E-state index is 12.4. The van der Waals surface area contributed by atoms with Crippen molar-refractivity contribution in [1.29, 1.82) is 0 Å². The number of pyridine rings is 1. The average Bonchev–Trinajstić information content (AvgIpc) is 2.80. The molecule has 0 bridgehead atoms. The molecule has 1 aromatic carbocycles. The first-order valence-corrected chi connectivity index (χ1v) is 8.65. The number of rotatable bonds is 2. The standard InChI is InChI=1S/C16H11BrClN3OS/c1-21-15(22)14(8-10-2-4-11(17)5-3-10)23-16(21)20-13-6-7-19-9-12(13)18/h2-9H,1H3/b14-8-,20-16?. The van der Waals surface area contributed by atoms with Crippen LogP contribution in [0.15, 0.2) is 57.1 Å². The largest absolute Gasteiger partial charge is 0.290 e.